The first kappa shape index (κ1) is 12.0. The van der Waals surface area contributed by atoms with Crippen molar-refractivity contribution in [3.63, 3.8) is 0 Å². The zero-order chi connectivity index (χ0) is 11.9. The van der Waals surface area contributed by atoms with Crippen LogP contribution in [0.3, 0.4) is 0 Å². The van der Waals surface area contributed by atoms with Crippen LogP contribution in [0.25, 0.3) is 0 Å². The Hall–Kier alpha value is -0.460. The van der Waals surface area contributed by atoms with E-state index in [1.54, 1.807) is 11.7 Å². The lowest BCUT2D eigenvalue weighted by atomic mass is 9.85. The number of aryl methyl sites for hydroxylation is 1. The first-order valence-electron chi connectivity index (χ1n) is 5.36. The summed E-state index contributed by atoms with van der Waals surface area (Å²) in [6.45, 7) is 3.94. The van der Waals surface area contributed by atoms with Gasteiger partial charge in [-0.15, -0.1) is 5.10 Å². The van der Waals surface area contributed by atoms with Crippen LogP contribution in [-0.4, -0.2) is 32.3 Å². The average molecular weight is 290 g/mol. The van der Waals surface area contributed by atoms with E-state index < -0.39 is 5.60 Å². The average Bonchev–Trinajstić information content (AvgIpc) is 2.43. The van der Waals surface area contributed by atoms with E-state index in [4.69, 9.17) is 4.74 Å². The molecule has 1 N–H and O–H groups in total. The van der Waals surface area contributed by atoms with Gasteiger partial charge in [0.15, 0.2) is 4.60 Å². The van der Waals surface area contributed by atoms with E-state index in [1.165, 1.54) is 0 Å². The molecule has 2 atom stereocenters. The van der Waals surface area contributed by atoms with Gasteiger partial charge in [-0.3, -0.25) is 0 Å². The molecule has 5 nitrogen and oxygen atoms in total. The van der Waals surface area contributed by atoms with Gasteiger partial charge in [-0.1, -0.05) is 5.21 Å². The van der Waals surface area contributed by atoms with Crippen molar-refractivity contribution in [1.82, 2.24) is 15.0 Å². The van der Waals surface area contributed by atoms with Crippen molar-refractivity contribution in [1.29, 1.82) is 0 Å². The summed E-state index contributed by atoms with van der Waals surface area (Å²) in [5, 5.41) is 18.5. The summed E-state index contributed by atoms with van der Waals surface area (Å²) in [6, 6.07) is 0. The maximum atomic E-state index is 10.7. The van der Waals surface area contributed by atoms with Crippen molar-refractivity contribution in [3.05, 3.63) is 10.3 Å². The summed E-state index contributed by atoms with van der Waals surface area (Å²) in [5.74, 6) is 0. The summed E-state index contributed by atoms with van der Waals surface area (Å²) >= 11 is 3.33. The van der Waals surface area contributed by atoms with Gasteiger partial charge in [-0.05, 0) is 29.8 Å². The number of halogens is 1. The van der Waals surface area contributed by atoms with Gasteiger partial charge in [0.2, 0.25) is 0 Å². The maximum absolute atomic E-state index is 10.7. The molecule has 0 radical (unpaired) electrons. The van der Waals surface area contributed by atoms with Crippen molar-refractivity contribution in [2.24, 2.45) is 7.05 Å². The van der Waals surface area contributed by atoms with Gasteiger partial charge in [0.25, 0.3) is 0 Å². The summed E-state index contributed by atoms with van der Waals surface area (Å²) in [7, 11) is 1.79. The van der Waals surface area contributed by atoms with Crippen LogP contribution in [0.1, 0.15) is 32.4 Å². The molecule has 0 aliphatic carbocycles. The Balaban J connectivity index is 2.37. The highest BCUT2D eigenvalue weighted by molar-refractivity contribution is 9.10. The number of aromatic nitrogens is 3. The first-order chi connectivity index (χ1) is 7.42. The topological polar surface area (TPSA) is 60.2 Å². The molecular weight excluding hydrogens is 274 g/mol. The summed E-state index contributed by atoms with van der Waals surface area (Å²) < 4.78 is 7.86. The van der Waals surface area contributed by atoms with Gasteiger partial charge in [0, 0.05) is 19.9 Å². The van der Waals surface area contributed by atoms with Crippen LogP contribution in [0.15, 0.2) is 4.60 Å². The third kappa shape index (κ3) is 2.01. The molecule has 1 aromatic rings. The Morgan fingerprint density at radius 3 is 2.44 bits per heavy atom. The highest BCUT2D eigenvalue weighted by atomic mass is 79.9. The zero-order valence-electron chi connectivity index (χ0n) is 9.64. The Kier molecular flexibility index (Phi) is 3.07. The molecule has 0 amide bonds. The second kappa shape index (κ2) is 4.09. The minimum absolute atomic E-state index is 0.0375. The smallest absolute Gasteiger partial charge is 0.154 e. The van der Waals surface area contributed by atoms with Crippen LogP contribution in [0.5, 0.6) is 0 Å². The van der Waals surface area contributed by atoms with Crippen molar-refractivity contribution in [3.8, 4) is 0 Å². The Morgan fingerprint density at radius 1 is 1.44 bits per heavy atom. The number of nitrogens with zero attached hydrogens (tertiary/aromatic N) is 3. The van der Waals surface area contributed by atoms with Crippen LogP contribution in [0.4, 0.5) is 0 Å². The van der Waals surface area contributed by atoms with Gasteiger partial charge >= 0.3 is 0 Å². The third-order valence-electron chi connectivity index (χ3n) is 2.94. The van der Waals surface area contributed by atoms with E-state index in [0.717, 1.165) is 5.69 Å². The van der Waals surface area contributed by atoms with Gasteiger partial charge < -0.3 is 9.84 Å². The highest BCUT2D eigenvalue weighted by Crippen LogP contribution is 2.39. The van der Waals surface area contributed by atoms with Crippen LogP contribution >= 0.6 is 15.9 Å². The molecule has 1 aliphatic rings. The van der Waals surface area contributed by atoms with Crippen molar-refractivity contribution in [2.45, 2.75) is 44.5 Å². The van der Waals surface area contributed by atoms with Crippen molar-refractivity contribution in [2.75, 3.05) is 0 Å². The van der Waals surface area contributed by atoms with E-state index in [-0.39, 0.29) is 12.2 Å². The molecule has 0 bridgehead atoms. The second-order valence-electron chi connectivity index (χ2n) is 4.55. The summed E-state index contributed by atoms with van der Waals surface area (Å²) in [5.41, 5.74) is -0.178. The minimum Gasteiger partial charge on any atom is -0.383 e. The molecular formula is C10H16BrN3O2. The standard InChI is InChI=1S/C10H16BrN3O2/c1-6-4-10(15,5-7(2)16-6)8-9(11)12-13-14(8)3/h6-7,15H,4-5H2,1-3H3. The molecule has 1 fully saturated rings. The first-order valence-corrected chi connectivity index (χ1v) is 6.15. The minimum atomic E-state index is -0.909. The molecule has 1 saturated heterocycles. The van der Waals surface area contributed by atoms with E-state index in [0.29, 0.717) is 17.4 Å². The SMILES string of the molecule is CC1CC(O)(c2c(Br)nnn2C)CC(C)O1. The van der Waals surface area contributed by atoms with Crippen LogP contribution < -0.4 is 0 Å². The Bertz CT molecular complexity index is 364. The monoisotopic (exact) mass is 289 g/mol. The van der Waals surface area contributed by atoms with E-state index in [2.05, 4.69) is 26.2 Å². The number of ether oxygens (including phenoxy) is 1. The number of hydrogen-bond acceptors (Lipinski definition) is 4. The molecule has 16 heavy (non-hydrogen) atoms. The fourth-order valence-corrected chi connectivity index (χ4v) is 3.24. The fourth-order valence-electron chi connectivity index (χ4n) is 2.55. The Morgan fingerprint density at radius 2 is 2.00 bits per heavy atom. The summed E-state index contributed by atoms with van der Waals surface area (Å²) in [6.07, 6.45) is 1.21. The van der Waals surface area contributed by atoms with Gasteiger partial charge in [-0.25, -0.2) is 4.68 Å². The van der Waals surface area contributed by atoms with E-state index in [1.807, 2.05) is 13.8 Å². The molecule has 2 unspecified atom stereocenters. The molecule has 90 valence electrons. The number of hydrogen-bond donors (Lipinski definition) is 1. The molecule has 1 aromatic heterocycles. The lowest BCUT2D eigenvalue weighted by Gasteiger charge is -2.38. The predicted octanol–water partition coefficient (Wildman–Crippen LogP) is 1.35. The molecule has 1 aliphatic heterocycles. The molecule has 2 heterocycles. The maximum Gasteiger partial charge on any atom is 0.154 e. The zero-order valence-corrected chi connectivity index (χ0v) is 11.2. The molecule has 0 aromatic carbocycles. The van der Waals surface area contributed by atoms with Crippen molar-refractivity contribution < 1.29 is 9.84 Å². The van der Waals surface area contributed by atoms with Gasteiger partial charge in [0.1, 0.15) is 11.3 Å². The number of aliphatic hydroxyl groups is 1. The number of rotatable bonds is 1. The van der Waals surface area contributed by atoms with Gasteiger partial charge in [-0.2, -0.15) is 0 Å². The Labute approximate surface area is 103 Å². The lowest BCUT2D eigenvalue weighted by Crippen LogP contribution is -2.42. The van der Waals surface area contributed by atoms with Crippen LogP contribution in [0, 0.1) is 0 Å². The molecule has 0 spiro atoms. The van der Waals surface area contributed by atoms with E-state index >= 15 is 0 Å². The fraction of sp³-hybridized carbons (Fsp3) is 0.800. The quantitative estimate of drug-likeness (QED) is 0.848. The van der Waals surface area contributed by atoms with Crippen LogP contribution in [-0.2, 0) is 17.4 Å². The summed E-state index contributed by atoms with van der Waals surface area (Å²) in [4.78, 5) is 0. The van der Waals surface area contributed by atoms with Crippen molar-refractivity contribution >= 4 is 15.9 Å². The van der Waals surface area contributed by atoms with E-state index in [9.17, 15) is 5.11 Å². The molecule has 2 rings (SSSR count). The third-order valence-corrected chi connectivity index (χ3v) is 3.48. The highest BCUT2D eigenvalue weighted by Gasteiger charge is 2.42. The largest absolute Gasteiger partial charge is 0.383 e. The second-order valence-corrected chi connectivity index (χ2v) is 5.30. The lowest BCUT2D eigenvalue weighted by molar-refractivity contribution is -0.139. The van der Waals surface area contributed by atoms with Crippen LogP contribution in [0.2, 0.25) is 0 Å². The molecule has 6 heteroatoms. The molecule has 0 saturated carbocycles. The normalized spacial score (nSPS) is 35.3. The predicted molar refractivity (Wildman–Crippen MR) is 61.8 cm³/mol. The van der Waals surface area contributed by atoms with Gasteiger partial charge in [0.05, 0.1) is 12.2 Å².